The van der Waals surface area contributed by atoms with Crippen molar-refractivity contribution in [1.29, 1.82) is 0 Å². The van der Waals surface area contributed by atoms with Gasteiger partial charge in [0.1, 0.15) is 6.61 Å². The van der Waals surface area contributed by atoms with Gasteiger partial charge in [-0.1, -0.05) is 25.7 Å². The number of allylic oxidation sites excluding steroid dienone is 1. The summed E-state index contributed by atoms with van der Waals surface area (Å²) in [6.45, 7) is 6.33. The first-order chi connectivity index (χ1) is 8.58. The van der Waals surface area contributed by atoms with E-state index in [0.717, 1.165) is 4.88 Å². The summed E-state index contributed by atoms with van der Waals surface area (Å²) in [4.78, 5) is 13.5. The molecule has 0 aliphatic carbocycles. The number of hydrogen-bond acceptors (Lipinski definition) is 3. The minimum absolute atomic E-state index is 0.156. The molecule has 0 saturated carbocycles. The van der Waals surface area contributed by atoms with Gasteiger partial charge in [0.2, 0.25) is 0 Å². The Balaban J connectivity index is 2.26. The number of rotatable bonds is 4. The highest BCUT2D eigenvalue weighted by Gasteiger charge is 2.03. The number of carbonyl (C=O) groups is 1. The van der Waals surface area contributed by atoms with E-state index in [1.54, 1.807) is 23.5 Å². The summed E-state index contributed by atoms with van der Waals surface area (Å²) in [5.74, 6) is 6.13. The van der Waals surface area contributed by atoms with Gasteiger partial charge in [0.05, 0.1) is 4.88 Å². The van der Waals surface area contributed by atoms with E-state index in [-0.39, 0.29) is 5.97 Å². The van der Waals surface area contributed by atoms with Gasteiger partial charge < -0.3 is 4.74 Å². The Morgan fingerprint density at radius 3 is 2.89 bits per heavy atom. The summed E-state index contributed by atoms with van der Waals surface area (Å²) in [6, 6.07) is 4.05. The van der Waals surface area contributed by atoms with Gasteiger partial charge in [-0.2, -0.15) is 0 Å². The van der Waals surface area contributed by atoms with Gasteiger partial charge >= 0.3 is 5.97 Å². The molecule has 18 heavy (non-hydrogen) atoms. The van der Waals surface area contributed by atoms with Crippen LogP contribution in [0.4, 0.5) is 0 Å². The van der Waals surface area contributed by atoms with Crippen LogP contribution in [0.2, 0.25) is 0 Å². The Hall–Kier alpha value is -1.53. The molecule has 0 amide bonds. The van der Waals surface area contributed by atoms with E-state index < -0.39 is 0 Å². The van der Waals surface area contributed by atoms with E-state index in [2.05, 4.69) is 18.8 Å². The van der Waals surface area contributed by atoms with Crippen LogP contribution in [-0.4, -0.2) is 12.6 Å². The van der Waals surface area contributed by atoms with E-state index >= 15 is 0 Å². The lowest BCUT2D eigenvalue weighted by molar-refractivity contribution is -0.143. The lowest BCUT2D eigenvalue weighted by Gasteiger charge is -2.03. The predicted molar refractivity (Wildman–Crippen MR) is 75.5 cm³/mol. The van der Waals surface area contributed by atoms with Gasteiger partial charge in [0.15, 0.2) is 0 Å². The quantitative estimate of drug-likeness (QED) is 0.612. The molecule has 0 aromatic carbocycles. The van der Waals surface area contributed by atoms with Gasteiger partial charge in [-0.3, -0.25) is 4.79 Å². The molecule has 3 heteroatoms. The normalized spacial score (nSPS) is 10.4. The van der Waals surface area contributed by atoms with Crippen molar-refractivity contribution < 1.29 is 9.53 Å². The molecule has 0 aliphatic heterocycles. The zero-order chi connectivity index (χ0) is 13.4. The van der Waals surface area contributed by atoms with Gasteiger partial charge in [0.25, 0.3) is 0 Å². The third kappa shape index (κ3) is 6.27. The van der Waals surface area contributed by atoms with Crippen LogP contribution in [0, 0.1) is 24.7 Å². The Labute approximate surface area is 113 Å². The van der Waals surface area contributed by atoms with Crippen molar-refractivity contribution in [2.24, 2.45) is 5.92 Å². The highest BCUT2D eigenvalue weighted by Crippen LogP contribution is 2.12. The van der Waals surface area contributed by atoms with Crippen LogP contribution in [0.15, 0.2) is 24.3 Å². The van der Waals surface area contributed by atoms with Crippen LogP contribution in [0.25, 0.3) is 0 Å². The number of aryl methyl sites for hydroxylation is 1. The van der Waals surface area contributed by atoms with Gasteiger partial charge in [0, 0.05) is 11.3 Å². The van der Waals surface area contributed by atoms with Gasteiger partial charge in [-0.05, 0) is 37.1 Å². The molecule has 0 bridgehead atoms. The summed E-state index contributed by atoms with van der Waals surface area (Å²) >= 11 is 1.67. The number of thiophene rings is 1. The second-order valence-electron chi connectivity index (χ2n) is 4.36. The predicted octanol–water partition coefficient (Wildman–Crippen LogP) is 3.55. The summed E-state index contributed by atoms with van der Waals surface area (Å²) in [5.41, 5.74) is 0. The lowest BCUT2D eigenvalue weighted by atomic mass is 10.1. The van der Waals surface area contributed by atoms with Crippen molar-refractivity contribution in [3.63, 3.8) is 0 Å². The SMILES string of the molecule is Cc1ccc(C#CC=CCOC(=O)CC(C)C)s1. The molecule has 0 fully saturated rings. The van der Waals surface area contributed by atoms with E-state index in [0.29, 0.717) is 18.9 Å². The summed E-state index contributed by atoms with van der Waals surface area (Å²) in [7, 11) is 0. The summed E-state index contributed by atoms with van der Waals surface area (Å²) in [6.07, 6.45) is 3.94. The van der Waals surface area contributed by atoms with Crippen molar-refractivity contribution in [1.82, 2.24) is 0 Å². The van der Waals surface area contributed by atoms with Crippen molar-refractivity contribution in [3.05, 3.63) is 34.0 Å². The van der Waals surface area contributed by atoms with Crippen LogP contribution in [0.3, 0.4) is 0 Å². The van der Waals surface area contributed by atoms with E-state index in [1.807, 2.05) is 26.0 Å². The minimum Gasteiger partial charge on any atom is -0.461 e. The molecule has 0 atom stereocenters. The molecular formula is C15H18O2S. The number of esters is 1. The largest absolute Gasteiger partial charge is 0.461 e. The topological polar surface area (TPSA) is 26.3 Å². The first kappa shape index (κ1) is 14.5. The smallest absolute Gasteiger partial charge is 0.306 e. The van der Waals surface area contributed by atoms with E-state index in [9.17, 15) is 4.79 Å². The Morgan fingerprint density at radius 1 is 1.50 bits per heavy atom. The third-order valence-electron chi connectivity index (χ3n) is 2.05. The van der Waals surface area contributed by atoms with Crippen LogP contribution in [0.5, 0.6) is 0 Å². The molecule has 96 valence electrons. The first-order valence-electron chi connectivity index (χ1n) is 5.96. The monoisotopic (exact) mass is 262 g/mol. The van der Waals surface area contributed by atoms with Gasteiger partial charge in [-0.15, -0.1) is 11.3 Å². The molecule has 0 unspecified atom stereocenters. The van der Waals surface area contributed by atoms with Crippen molar-refractivity contribution in [2.75, 3.05) is 6.61 Å². The molecule has 1 aromatic rings. The second kappa shape index (κ2) is 7.73. The van der Waals surface area contributed by atoms with Crippen LogP contribution in [0.1, 0.15) is 30.0 Å². The average molecular weight is 262 g/mol. The maximum atomic E-state index is 11.2. The minimum atomic E-state index is -0.156. The molecule has 0 saturated heterocycles. The molecule has 0 radical (unpaired) electrons. The number of carbonyl (C=O) groups excluding carboxylic acids is 1. The highest BCUT2D eigenvalue weighted by molar-refractivity contribution is 7.12. The summed E-state index contributed by atoms with van der Waals surface area (Å²) < 4.78 is 5.02. The molecule has 1 heterocycles. The molecule has 0 N–H and O–H groups in total. The zero-order valence-electron chi connectivity index (χ0n) is 11.0. The van der Waals surface area contributed by atoms with Crippen LogP contribution >= 0.6 is 11.3 Å². The first-order valence-corrected chi connectivity index (χ1v) is 6.78. The standard InChI is InChI=1S/C15H18O2S/c1-12(2)11-15(16)17-10-6-4-5-7-14-9-8-13(3)18-14/h4,6,8-9,12H,10-11H2,1-3H3. The van der Waals surface area contributed by atoms with Gasteiger partial charge in [-0.25, -0.2) is 0 Å². The number of hydrogen-bond donors (Lipinski definition) is 0. The zero-order valence-corrected chi connectivity index (χ0v) is 11.8. The Morgan fingerprint density at radius 2 is 2.28 bits per heavy atom. The fourth-order valence-corrected chi connectivity index (χ4v) is 1.98. The Kier molecular flexibility index (Phi) is 6.24. The van der Waals surface area contributed by atoms with Crippen molar-refractivity contribution in [2.45, 2.75) is 27.2 Å². The molecule has 2 nitrogen and oxygen atoms in total. The maximum Gasteiger partial charge on any atom is 0.306 e. The second-order valence-corrected chi connectivity index (χ2v) is 5.65. The Bertz CT molecular complexity index is 472. The molecule has 1 aromatic heterocycles. The van der Waals surface area contributed by atoms with Crippen molar-refractivity contribution >= 4 is 17.3 Å². The molecule has 1 rings (SSSR count). The average Bonchev–Trinajstić information content (AvgIpc) is 2.68. The molecular weight excluding hydrogens is 244 g/mol. The van der Waals surface area contributed by atoms with Crippen LogP contribution < -0.4 is 0 Å². The van der Waals surface area contributed by atoms with Crippen molar-refractivity contribution in [3.8, 4) is 11.8 Å². The lowest BCUT2D eigenvalue weighted by Crippen LogP contribution is -2.07. The molecule has 0 aliphatic rings. The highest BCUT2D eigenvalue weighted by atomic mass is 32.1. The summed E-state index contributed by atoms with van der Waals surface area (Å²) in [5, 5.41) is 0. The third-order valence-corrected chi connectivity index (χ3v) is 2.97. The van der Waals surface area contributed by atoms with Crippen LogP contribution in [-0.2, 0) is 9.53 Å². The maximum absolute atomic E-state index is 11.2. The number of ether oxygens (including phenoxy) is 1. The van der Waals surface area contributed by atoms with E-state index in [1.165, 1.54) is 4.88 Å². The fraction of sp³-hybridized carbons (Fsp3) is 0.400. The van der Waals surface area contributed by atoms with E-state index in [4.69, 9.17) is 4.74 Å². The fourth-order valence-electron chi connectivity index (χ4n) is 1.25. The molecule has 0 spiro atoms.